The van der Waals surface area contributed by atoms with Gasteiger partial charge in [0.25, 0.3) is 0 Å². The number of rotatable bonds is 3. The molecule has 1 aliphatic heterocycles. The molecule has 2 amide bonds. The summed E-state index contributed by atoms with van der Waals surface area (Å²) >= 11 is 0. The second-order valence-corrected chi connectivity index (χ2v) is 4.61. The highest BCUT2D eigenvalue weighted by Gasteiger charge is 2.26. The minimum absolute atomic E-state index is 0.0483. The van der Waals surface area contributed by atoms with Crippen molar-refractivity contribution in [2.45, 2.75) is 19.3 Å². The van der Waals surface area contributed by atoms with Crippen LogP contribution < -0.4 is 5.73 Å². The summed E-state index contributed by atoms with van der Waals surface area (Å²) in [5.74, 6) is -0.455. The van der Waals surface area contributed by atoms with E-state index in [1.54, 1.807) is 17.3 Å². The first kappa shape index (κ1) is 12.5. The second-order valence-electron chi connectivity index (χ2n) is 4.61. The van der Waals surface area contributed by atoms with Gasteiger partial charge < -0.3 is 10.6 Å². The standard InChI is InChI=1S/C13H17N3O2/c14-13(18)11-2-1-7-16(9-11)12(17)8-10-3-5-15-6-4-10/h3-6,11H,1-2,7-9H2,(H2,14,18). The lowest BCUT2D eigenvalue weighted by atomic mass is 9.97. The van der Waals surface area contributed by atoms with Crippen LogP contribution in [-0.4, -0.2) is 34.8 Å². The van der Waals surface area contributed by atoms with E-state index in [9.17, 15) is 9.59 Å². The molecule has 96 valence electrons. The number of piperidine rings is 1. The Balaban J connectivity index is 1.95. The molecule has 1 aliphatic rings. The minimum Gasteiger partial charge on any atom is -0.369 e. The zero-order chi connectivity index (χ0) is 13.0. The van der Waals surface area contributed by atoms with Crippen molar-refractivity contribution in [2.24, 2.45) is 11.7 Å². The Hall–Kier alpha value is -1.91. The first-order valence-electron chi connectivity index (χ1n) is 6.13. The molecule has 0 bridgehead atoms. The fraction of sp³-hybridized carbons (Fsp3) is 0.462. The summed E-state index contributed by atoms with van der Waals surface area (Å²) in [6, 6.07) is 3.65. The van der Waals surface area contributed by atoms with Crippen molar-refractivity contribution in [2.75, 3.05) is 13.1 Å². The minimum atomic E-state index is -0.309. The van der Waals surface area contributed by atoms with Crippen LogP contribution in [0.3, 0.4) is 0 Å². The van der Waals surface area contributed by atoms with Crippen LogP contribution in [-0.2, 0) is 16.0 Å². The van der Waals surface area contributed by atoms with Gasteiger partial charge in [0.15, 0.2) is 0 Å². The molecule has 5 nitrogen and oxygen atoms in total. The second kappa shape index (κ2) is 5.62. The van der Waals surface area contributed by atoms with Crippen molar-refractivity contribution in [3.63, 3.8) is 0 Å². The Morgan fingerprint density at radius 1 is 1.39 bits per heavy atom. The number of aromatic nitrogens is 1. The van der Waals surface area contributed by atoms with Gasteiger partial charge in [-0.3, -0.25) is 14.6 Å². The summed E-state index contributed by atoms with van der Waals surface area (Å²) in [6.45, 7) is 1.17. The summed E-state index contributed by atoms with van der Waals surface area (Å²) < 4.78 is 0. The van der Waals surface area contributed by atoms with Crippen molar-refractivity contribution < 1.29 is 9.59 Å². The molecule has 2 N–H and O–H groups in total. The van der Waals surface area contributed by atoms with E-state index in [-0.39, 0.29) is 17.7 Å². The average molecular weight is 247 g/mol. The van der Waals surface area contributed by atoms with E-state index in [4.69, 9.17) is 5.73 Å². The highest BCUT2D eigenvalue weighted by molar-refractivity contribution is 5.81. The maximum atomic E-state index is 12.1. The molecule has 1 saturated heterocycles. The predicted octanol–water partition coefficient (Wildman–Crippen LogP) is 0.348. The van der Waals surface area contributed by atoms with Gasteiger partial charge in [-0.15, -0.1) is 0 Å². The molecule has 18 heavy (non-hydrogen) atoms. The number of nitrogens with zero attached hydrogens (tertiary/aromatic N) is 2. The van der Waals surface area contributed by atoms with Crippen LogP contribution in [0.25, 0.3) is 0 Å². The summed E-state index contributed by atoms with van der Waals surface area (Å²) in [5.41, 5.74) is 6.24. The average Bonchev–Trinajstić information content (AvgIpc) is 2.40. The largest absolute Gasteiger partial charge is 0.369 e. The van der Waals surface area contributed by atoms with Gasteiger partial charge in [0.2, 0.25) is 11.8 Å². The Bertz CT molecular complexity index is 433. The number of nitrogens with two attached hydrogens (primary N) is 1. The van der Waals surface area contributed by atoms with Gasteiger partial charge in [-0.05, 0) is 30.5 Å². The fourth-order valence-corrected chi connectivity index (χ4v) is 2.22. The molecule has 0 aliphatic carbocycles. The van der Waals surface area contributed by atoms with Gasteiger partial charge in [-0.1, -0.05) is 0 Å². The number of hydrogen-bond acceptors (Lipinski definition) is 3. The molecule has 2 heterocycles. The lowest BCUT2D eigenvalue weighted by molar-refractivity contribution is -0.134. The SMILES string of the molecule is NC(=O)C1CCCN(C(=O)Cc2ccncc2)C1. The number of carbonyl (C=O) groups excluding carboxylic acids is 2. The number of amides is 2. The van der Waals surface area contributed by atoms with Crippen LogP contribution in [0, 0.1) is 5.92 Å². The zero-order valence-electron chi connectivity index (χ0n) is 10.2. The van der Waals surface area contributed by atoms with Gasteiger partial charge in [-0.25, -0.2) is 0 Å². The lowest BCUT2D eigenvalue weighted by Gasteiger charge is -2.31. The molecule has 1 fully saturated rings. The Morgan fingerprint density at radius 2 is 2.11 bits per heavy atom. The number of carbonyl (C=O) groups is 2. The summed E-state index contributed by atoms with van der Waals surface area (Å²) in [5, 5.41) is 0. The van der Waals surface area contributed by atoms with Crippen LogP contribution in [0.1, 0.15) is 18.4 Å². The molecule has 0 saturated carbocycles. The van der Waals surface area contributed by atoms with E-state index in [2.05, 4.69) is 4.98 Å². The van der Waals surface area contributed by atoms with Gasteiger partial charge in [0.05, 0.1) is 12.3 Å². The van der Waals surface area contributed by atoms with E-state index in [1.165, 1.54) is 0 Å². The molecule has 1 atom stereocenters. The maximum Gasteiger partial charge on any atom is 0.227 e. The monoisotopic (exact) mass is 247 g/mol. The maximum absolute atomic E-state index is 12.1. The van der Waals surface area contributed by atoms with E-state index in [0.717, 1.165) is 18.4 Å². The van der Waals surface area contributed by atoms with Crippen molar-refractivity contribution in [1.82, 2.24) is 9.88 Å². The van der Waals surface area contributed by atoms with Gasteiger partial charge in [0.1, 0.15) is 0 Å². The third-order valence-corrected chi connectivity index (χ3v) is 3.28. The smallest absolute Gasteiger partial charge is 0.227 e. The van der Waals surface area contributed by atoms with Crippen LogP contribution in [0.4, 0.5) is 0 Å². The Kier molecular flexibility index (Phi) is 3.92. The lowest BCUT2D eigenvalue weighted by Crippen LogP contribution is -2.44. The molecule has 0 radical (unpaired) electrons. The van der Waals surface area contributed by atoms with Gasteiger partial charge in [-0.2, -0.15) is 0 Å². The van der Waals surface area contributed by atoms with Crippen LogP contribution in [0.15, 0.2) is 24.5 Å². The zero-order valence-corrected chi connectivity index (χ0v) is 10.2. The molecule has 1 aromatic rings. The van der Waals surface area contributed by atoms with E-state index >= 15 is 0 Å². The third kappa shape index (κ3) is 3.06. The highest BCUT2D eigenvalue weighted by Crippen LogP contribution is 2.17. The highest BCUT2D eigenvalue weighted by atomic mass is 16.2. The summed E-state index contributed by atoms with van der Waals surface area (Å²) in [6.07, 6.45) is 5.33. The number of hydrogen-bond donors (Lipinski definition) is 1. The Morgan fingerprint density at radius 3 is 2.78 bits per heavy atom. The molecule has 0 aromatic carbocycles. The molecular formula is C13H17N3O2. The molecule has 0 spiro atoms. The van der Waals surface area contributed by atoms with Crippen LogP contribution >= 0.6 is 0 Å². The van der Waals surface area contributed by atoms with Crippen molar-refractivity contribution in [3.8, 4) is 0 Å². The van der Waals surface area contributed by atoms with Gasteiger partial charge in [0, 0.05) is 25.5 Å². The van der Waals surface area contributed by atoms with E-state index in [1.807, 2.05) is 12.1 Å². The van der Waals surface area contributed by atoms with E-state index in [0.29, 0.717) is 19.5 Å². The number of pyridine rings is 1. The summed E-state index contributed by atoms with van der Waals surface area (Å²) in [4.78, 5) is 28.9. The molecular weight excluding hydrogens is 230 g/mol. The topological polar surface area (TPSA) is 76.3 Å². The van der Waals surface area contributed by atoms with Crippen molar-refractivity contribution >= 4 is 11.8 Å². The van der Waals surface area contributed by atoms with Crippen LogP contribution in [0.2, 0.25) is 0 Å². The molecule has 1 unspecified atom stereocenters. The normalized spacial score (nSPS) is 19.6. The van der Waals surface area contributed by atoms with Crippen molar-refractivity contribution in [3.05, 3.63) is 30.1 Å². The molecule has 1 aromatic heterocycles. The van der Waals surface area contributed by atoms with Crippen LogP contribution in [0.5, 0.6) is 0 Å². The molecule has 5 heteroatoms. The third-order valence-electron chi connectivity index (χ3n) is 3.28. The summed E-state index contributed by atoms with van der Waals surface area (Å²) in [7, 11) is 0. The number of primary amides is 1. The quantitative estimate of drug-likeness (QED) is 0.837. The first-order valence-corrected chi connectivity index (χ1v) is 6.13. The van der Waals surface area contributed by atoms with Gasteiger partial charge >= 0.3 is 0 Å². The molecule has 2 rings (SSSR count). The first-order chi connectivity index (χ1) is 8.66. The number of likely N-dealkylation sites (tertiary alicyclic amines) is 1. The van der Waals surface area contributed by atoms with E-state index < -0.39 is 0 Å². The fourth-order valence-electron chi connectivity index (χ4n) is 2.22. The van der Waals surface area contributed by atoms with Crippen molar-refractivity contribution in [1.29, 1.82) is 0 Å². The predicted molar refractivity (Wildman–Crippen MR) is 66.4 cm³/mol. The Labute approximate surface area is 106 Å².